The SMILES string of the molecule is Cc1cc2c(oc3cc(F)ccc32)c(-c2cc(CC3CCCC3)c3ccccc3[n+]2C)c1C. The lowest BCUT2D eigenvalue weighted by Gasteiger charge is -2.15. The minimum atomic E-state index is -0.272. The van der Waals surface area contributed by atoms with Crippen molar-refractivity contribution < 1.29 is 13.4 Å². The van der Waals surface area contributed by atoms with Crippen LogP contribution in [0.4, 0.5) is 4.39 Å². The topological polar surface area (TPSA) is 17.0 Å². The highest BCUT2D eigenvalue weighted by atomic mass is 19.1. The maximum atomic E-state index is 14.0. The summed E-state index contributed by atoms with van der Waals surface area (Å²) in [7, 11) is 2.15. The van der Waals surface area contributed by atoms with Gasteiger partial charge in [-0.2, -0.15) is 4.57 Å². The highest BCUT2D eigenvalue weighted by Gasteiger charge is 2.26. The number of furan rings is 1. The molecule has 0 saturated heterocycles. The van der Waals surface area contributed by atoms with E-state index in [4.69, 9.17) is 4.42 Å². The van der Waals surface area contributed by atoms with Crippen molar-refractivity contribution in [2.24, 2.45) is 13.0 Å². The number of rotatable bonds is 3. The average molecular weight is 439 g/mol. The standard InChI is InChI=1S/C30H29FNO/c1-18-14-25-24-13-12-22(31)17-28(24)33-30(25)29(19(18)2)27-16-21(15-20-8-4-5-9-20)23-10-6-7-11-26(23)32(27)3/h6-7,10-14,16-17,20H,4-5,8-9,15H2,1-3H3/q+1. The predicted molar refractivity (Wildman–Crippen MR) is 133 cm³/mol. The number of para-hydroxylation sites is 1. The minimum absolute atomic E-state index is 0.272. The first-order chi connectivity index (χ1) is 16.0. The van der Waals surface area contributed by atoms with Gasteiger partial charge in [0.2, 0.25) is 11.2 Å². The molecule has 0 aliphatic heterocycles. The molecule has 0 bridgehead atoms. The number of pyridine rings is 1. The zero-order valence-electron chi connectivity index (χ0n) is 19.5. The van der Waals surface area contributed by atoms with Gasteiger partial charge in [-0.3, -0.25) is 0 Å². The summed E-state index contributed by atoms with van der Waals surface area (Å²) in [5.74, 6) is 0.494. The van der Waals surface area contributed by atoms with E-state index in [0.717, 1.165) is 40.0 Å². The molecule has 0 radical (unpaired) electrons. The summed E-state index contributed by atoms with van der Waals surface area (Å²) in [6.07, 6.45) is 6.47. The van der Waals surface area contributed by atoms with E-state index in [0.29, 0.717) is 5.58 Å². The number of halogens is 1. The second-order valence-electron chi connectivity index (χ2n) is 9.80. The Morgan fingerprint density at radius 1 is 0.939 bits per heavy atom. The zero-order valence-corrected chi connectivity index (χ0v) is 19.5. The Labute approximate surface area is 193 Å². The first kappa shape index (κ1) is 20.4. The molecule has 1 aliphatic rings. The maximum absolute atomic E-state index is 14.0. The van der Waals surface area contributed by atoms with E-state index < -0.39 is 0 Å². The summed E-state index contributed by atoms with van der Waals surface area (Å²) in [5, 5.41) is 3.35. The second kappa shape index (κ2) is 7.69. The number of hydrogen-bond donors (Lipinski definition) is 0. The van der Waals surface area contributed by atoms with Gasteiger partial charge in [0.15, 0.2) is 0 Å². The minimum Gasteiger partial charge on any atom is -0.455 e. The lowest BCUT2D eigenvalue weighted by Crippen LogP contribution is -2.33. The molecule has 6 rings (SSSR count). The van der Waals surface area contributed by atoms with Crippen LogP contribution in [0.3, 0.4) is 0 Å². The largest absolute Gasteiger partial charge is 0.455 e. The third kappa shape index (κ3) is 3.25. The molecule has 2 nitrogen and oxygen atoms in total. The van der Waals surface area contributed by atoms with E-state index >= 15 is 0 Å². The van der Waals surface area contributed by atoms with Gasteiger partial charge in [0.1, 0.15) is 24.0 Å². The summed E-state index contributed by atoms with van der Waals surface area (Å²) in [6, 6.07) is 18.1. The molecule has 1 fully saturated rings. The lowest BCUT2D eigenvalue weighted by atomic mass is 9.91. The molecule has 2 heterocycles. The van der Waals surface area contributed by atoms with Crippen molar-refractivity contribution in [2.75, 3.05) is 0 Å². The lowest BCUT2D eigenvalue weighted by molar-refractivity contribution is -0.633. The Morgan fingerprint density at radius 2 is 1.73 bits per heavy atom. The predicted octanol–water partition coefficient (Wildman–Crippen LogP) is 7.72. The van der Waals surface area contributed by atoms with Crippen LogP contribution in [-0.4, -0.2) is 0 Å². The molecule has 166 valence electrons. The quantitative estimate of drug-likeness (QED) is 0.264. The molecule has 0 unspecified atom stereocenters. The van der Waals surface area contributed by atoms with Gasteiger partial charge < -0.3 is 4.42 Å². The molecule has 1 saturated carbocycles. The fraction of sp³-hybridized carbons (Fsp3) is 0.300. The fourth-order valence-electron chi connectivity index (χ4n) is 5.86. The van der Waals surface area contributed by atoms with Gasteiger partial charge in [-0.1, -0.05) is 37.8 Å². The van der Waals surface area contributed by atoms with E-state index in [-0.39, 0.29) is 5.82 Å². The van der Waals surface area contributed by atoms with Crippen molar-refractivity contribution in [1.82, 2.24) is 0 Å². The molecule has 3 aromatic carbocycles. The highest BCUT2D eigenvalue weighted by molar-refractivity contribution is 6.10. The Hall–Kier alpha value is -3.20. The molecule has 0 spiro atoms. The molecular formula is C30H29FNO+. The van der Waals surface area contributed by atoms with Crippen molar-refractivity contribution in [3.63, 3.8) is 0 Å². The van der Waals surface area contributed by atoms with Crippen LogP contribution in [0.15, 0.2) is 59.0 Å². The Morgan fingerprint density at radius 3 is 2.55 bits per heavy atom. The van der Waals surface area contributed by atoms with Crippen LogP contribution in [-0.2, 0) is 13.5 Å². The smallest absolute Gasteiger partial charge is 0.217 e. The molecule has 33 heavy (non-hydrogen) atoms. The number of aromatic nitrogens is 1. The Bertz CT molecular complexity index is 1540. The Balaban J connectivity index is 1.67. The molecule has 0 atom stereocenters. The molecule has 0 amide bonds. The first-order valence-electron chi connectivity index (χ1n) is 12.0. The van der Waals surface area contributed by atoms with Gasteiger partial charge in [0.05, 0.1) is 5.56 Å². The van der Waals surface area contributed by atoms with E-state index in [9.17, 15) is 4.39 Å². The van der Waals surface area contributed by atoms with Crippen LogP contribution in [0, 0.1) is 25.6 Å². The summed E-state index contributed by atoms with van der Waals surface area (Å²) in [5.41, 5.74) is 8.80. The van der Waals surface area contributed by atoms with Crippen LogP contribution in [0.1, 0.15) is 42.4 Å². The van der Waals surface area contributed by atoms with Crippen molar-refractivity contribution in [1.29, 1.82) is 0 Å². The van der Waals surface area contributed by atoms with Gasteiger partial charge in [0.25, 0.3) is 0 Å². The van der Waals surface area contributed by atoms with Crippen molar-refractivity contribution in [3.05, 3.63) is 77.1 Å². The molecule has 1 aliphatic carbocycles. The zero-order chi connectivity index (χ0) is 22.7. The number of hydrogen-bond acceptors (Lipinski definition) is 1. The van der Waals surface area contributed by atoms with E-state index in [1.165, 1.54) is 65.4 Å². The van der Waals surface area contributed by atoms with Crippen LogP contribution in [0.5, 0.6) is 0 Å². The van der Waals surface area contributed by atoms with Crippen molar-refractivity contribution >= 4 is 32.8 Å². The third-order valence-electron chi connectivity index (χ3n) is 7.77. The second-order valence-corrected chi connectivity index (χ2v) is 9.80. The van der Waals surface area contributed by atoms with E-state index in [1.807, 2.05) is 6.07 Å². The van der Waals surface area contributed by atoms with Gasteiger partial charge in [-0.05, 0) is 67.1 Å². The Kier molecular flexibility index (Phi) is 4.76. The van der Waals surface area contributed by atoms with Crippen LogP contribution in [0.25, 0.3) is 44.1 Å². The summed E-state index contributed by atoms with van der Waals surface area (Å²) < 4.78 is 22.6. The van der Waals surface area contributed by atoms with Crippen LogP contribution in [0.2, 0.25) is 0 Å². The fourth-order valence-corrected chi connectivity index (χ4v) is 5.86. The molecule has 2 aromatic heterocycles. The third-order valence-corrected chi connectivity index (χ3v) is 7.77. The van der Waals surface area contributed by atoms with Gasteiger partial charge in [-0.25, -0.2) is 4.39 Å². The van der Waals surface area contributed by atoms with Crippen LogP contribution >= 0.6 is 0 Å². The van der Waals surface area contributed by atoms with Crippen molar-refractivity contribution in [3.8, 4) is 11.3 Å². The summed E-state index contributed by atoms with van der Waals surface area (Å²) in [4.78, 5) is 0. The number of aryl methyl sites for hydroxylation is 2. The maximum Gasteiger partial charge on any atom is 0.217 e. The van der Waals surface area contributed by atoms with Gasteiger partial charge in [0, 0.05) is 34.4 Å². The monoisotopic (exact) mass is 438 g/mol. The molecule has 3 heteroatoms. The molecular weight excluding hydrogens is 409 g/mol. The first-order valence-corrected chi connectivity index (χ1v) is 12.0. The normalized spacial score (nSPS) is 14.8. The number of nitrogens with zero attached hydrogens (tertiary/aromatic N) is 1. The van der Waals surface area contributed by atoms with Crippen molar-refractivity contribution in [2.45, 2.75) is 46.0 Å². The number of fused-ring (bicyclic) bond motifs is 4. The van der Waals surface area contributed by atoms with E-state index in [1.54, 1.807) is 0 Å². The number of benzene rings is 3. The summed E-state index contributed by atoms with van der Waals surface area (Å²) >= 11 is 0. The molecule has 5 aromatic rings. The van der Waals surface area contributed by atoms with E-state index in [2.05, 4.69) is 61.9 Å². The summed E-state index contributed by atoms with van der Waals surface area (Å²) in [6.45, 7) is 4.32. The average Bonchev–Trinajstić information content (AvgIpc) is 3.44. The van der Waals surface area contributed by atoms with Gasteiger partial charge >= 0.3 is 0 Å². The highest BCUT2D eigenvalue weighted by Crippen LogP contribution is 2.40. The van der Waals surface area contributed by atoms with Gasteiger partial charge in [-0.15, -0.1) is 0 Å². The van der Waals surface area contributed by atoms with Crippen LogP contribution < -0.4 is 4.57 Å². The molecule has 0 N–H and O–H groups in total.